The lowest BCUT2D eigenvalue weighted by Crippen LogP contribution is -2.35. The lowest BCUT2D eigenvalue weighted by Gasteiger charge is -2.32. The Morgan fingerprint density at radius 2 is 1.65 bits per heavy atom. The third-order valence-corrected chi connectivity index (χ3v) is 4.04. The van der Waals surface area contributed by atoms with Crippen LogP contribution in [0.25, 0.3) is 0 Å². The topological polar surface area (TPSA) is 29.0 Å². The zero-order valence-corrected chi connectivity index (χ0v) is 13.5. The first-order chi connectivity index (χ1) is 9.54. The van der Waals surface area contributed by atoms with E-state index in [1.165, 1.54) is 24.8 Å². The Hall–Kier alpha value is -1.12. The largest absolute Gasteiger partial charge is 0.341 e. The maximum Gasteiger partial charge on any atom is 0.225 e. The molecule has 0 N–H and O–H groups in total. The van der Waals surface area contributed by atoms with Gasteiger partial charge >= 0.3 is 0 Å². The summed E-state index contributed by atoms with van der Waals surface area (Å²) in [5.41, 5.74) is 1.25. The van der Waals surface area contributed by atoms with E-state index < -0.39 is 0 Å². The highest BCUT2D eigenvalue weighted by Gasteiger charge is 2.21. The predicted octanol–water partition coefficient (Wildman–Crippen LogP) is 3.94. The number of nitrogens with zero attached hydrogens (tertiary/aromatic N) is 3. The highest BCUT2D eigenvalue weighted by molar-refractivity contribution is 5.30. The Morgan fingerprint density at radius 1 is 1.05 bits per heavy atom. The van der Waals surface area contributed by atoms with Crippen molar-refractivity contribution in [3.63, 3.8) is 0 Å². The van der Waals surface area contributed by atoms with Crippen LogP contribution in [0.4, 0.5) is 5.95 Å². The Bertz CT molecular complexity index is 389. The average Bonchev–Trinajstić information content (AvgIpc) is 2.39. The minimum Gasteiger partial charge on any atom is -0.341 e. The highest BCUT2D eigenvalue weighted by Crippen LogP contribution is 2.25. The Balaban J connectivity index is 1.87. The van der Waals surface area contributed by atoms with Gasteiger partial charge in [0.05, 0.1) is 0 Å². The van der Waals surface area contributed by atoms with Gasteiger partial charge in [-0.1, -0.05) is 27.7 Å². The molecule has 3 nitrogen and oxygen atoms in total. The van der Waals surface area contributed by atoms with Crippen molar-refractivity contribution in [1.82, 2.24) is 9.97 Å². The molecule has 2 heterocycles. The minimum atomic E-state index is 0.663. The quantitative estimate of drug-likeness (QED) is 0.815. The number of rotatable bonds is 5. The van der Waals surface area contributed by atoms with Crippen LogP contribution >= 0.6 is 0 Å². The third-order valence-electron chi connectivity index (χ3n) is 4.04. The van der Waals surface area contributed by atoms with Crippen molar-refractivity contribution in [2.45, 2.75) is 53.4 Å². The summed E-state index contributed by atoms with van der Waals surface area (Å²) in [6, 6.07) is 0. The molecule has 0 aromatic carbocycles. The molecular weight excluding hydrogens is 246 g/mol. The lowest BCUT2D eigenvalue weighted by molar-refractivity contribution is 0.336. The van der Waals surface area contributed by atoms with Crippen LogP contribution in [-0.2, 0) is 6.42 Å². The van der Waals surface area contributed by atoms with Crippen molar-refractivity contribution in [2.24, 2.45) is 17.8 Å². The molecule has 0 aliphatic carbocycles. The molecule has 1 aromatic heterocycles. The van der Waals surface area contributed by atoms with Gasteiger partial charge in [0.15, 0.2) is 0 Å². The second kappa shape index (κ2) is 7.05. The number of anilines is 1. The van der Waals surface area contributed by atoms with E-state index in [1.807, 2.05) is 12.4 Å². The first-order valence-corrected chi connectivity index (χ1v) is 8.10. The van der Waals surface area contributed by atoms with Gasteiger partial charge in [-0.05, 0) is 49.0 Å². The molecule has 2 rings (SSSR count). The van der Waals surface area contributed by atoms with Crippen molar-refractivity contribution in [2.75, 3.05) is 18.0 Å². The summed E-state index contributed by atoms with van der Waals surface area (Å²) < 4.78 is 0. The smallest absolute Gasteiger partial charge is 0.225 e. The fraction of sp³-hybridized carbons (Fsp3) is 0.765. The van der Waals surface area contributed by atoms with E-state index in [4.69, 9.17) is 0 Å². The van der Waals surface area contributed by atoms with Crippen LogP contribution in [0.3, 0.4) is 0 Å². The van der Waals surface area contributed by atoms with Crippen LogP contribution in [0.2, 0.25) is 0 Å². The predicted molar refractivity (Wildman–Crippen MR) is 85.0 cm³/mol. The van der Waals surface area contributed by atoms with Crippen molar-refractivity contribution >= 4 is 5.95 Å². The summed E-state index contributed by atoms with van der Waals surface area (Å²) in [5.74, 6) is 3.29. The maximum atomic E-state index is 4.56. The fourth-order valence-corrected chi connectivity index (χ4v) is 3.12. The van der Waals surface area contributed by atoms with Crippen molar-refractivity contribution < 1.29 is 0 Å². The summed E-state index contributed by atoms with van der Waals surface area (Å²) in [7, 11) is 0. The average molecular weight is 275 g/mol. The summed E-state index contributed by atoms with van der Waals surface area (Å²) in [5, 5.41) is 0. The van der Waals surface area contributed by atoms with Crippen LogP contribution in [0.15, 0.2) is 12.4 Å². The second-order valence-corrected chi connectivity index (χ2v) is 7.05. The van der Waals surface area contributed by atoms with Crippen molar-refractivity contribution in [1.29, 1.82) is 0 Å². The Morgan fingerprint density at radius 3 is 2.15 bits per heavy atom. The molecule has 1 aliphatic heterocycles. The molecule has 0 saturated carbocycles. The SMILES string of the molecule is CC(C)Cc1cnc(N2CCC(CC(C)C)CC2)nc1. The molecule has 0 atom stereocenters. The molecule has 1 fully saturated rings. The van der Waals surface area contributed by atoms with Crippen molar-refractivity contribution in [3.05, 3.63) is 18.0 Å². The Labute approximate surface area is 123 Å². The van der Waals surface area contributed by atoms with E-state index in [0.717, 1.165) is 37.3 Å². The van der Waals surface area contributed by atoms with Gasteiger partial charge in [0, 0.05) is 25.5 Å². The van der Waals surface area contributed by atoms with Crippen LogP contribution < -0.4 is 4.90 Å². The summed E-state index contributed by atoms with van der Waals surface area (Å²) in [6.07, 6.45) is 9.01. The molecule has 1 aromatic rings. The number of hydrogen-bond donors (Lipinski definition) is 0. The van der Waals surface area contributed by atoms with Crippen LogP contribution in [0.5, 0.6) is 0 Å². The first-order valence-electron chi connectivity index (χ1n) is 8.10. The van der Waals surface area contributed by atoms with Crippen LogP contribution in [0.1, 0.15) is 52.5 Å². The van der Waals surface area contributed by atoms with Crippen LogP contribution in [0, 0.1) is 17.8 Å². The summed E-state index contributed by atoms with van der Waals surface area (Å²) >= 11 is 0. The van der Waals surface area contributed by atoms with Gasteiger partial charge in [-0.3, -0.25) is 0 Å². The highest BCUT2D eigenvalue weighted by atomic mass is 15.2. The third kappa shape index (κ3) is 4.46. The minimum absolute atomic E-state index is 0.663. The molecule has 1 aliphatic rings. The van der Waals surface area contributed by atoms with E-state index in [2.05, 4.69) is 42.6 Å². The Kier molecular flexibility index (Phi) is 5.38. The van der Waals surface area contributed by atoms with Gasteiger partial charge in [0.25, 0.3) is 0 Å². The maximum absolute atomic E-state index is 4.56. The molecule has 0 bridgehead atoms. The second-order valence-electron chi connectivity index (χ2n) is 7.05. The zero-order chi connectivity index (χ0) is 14.5. The number of hydrogen-bond acceptors (Lipinski definition) is 3. The molecule has 0 unspecified atom stereocenters. The number of piperidine rings is 1. The molecular formula is C17H29N3. The summed E-state index contributed by atoms with van der Waals surface area (Å²) in [4.78, 5) is 11.5. The standard InChI is InChI=1S/C17H29N3/c1-13(2)9-15-5-7-20(8-6-15)17-18-11-16(12-19-17)10-14(3)4/h11-15H,5-10H2,1-4H3. The molecule has 3 heteroatoms. The first kappa shape index (κ1) is 15.3. The molecule has 1 saturated heterocycles. The fourth-order valence-electron chi connectivity index (χ4n) is 3.12. The normalized spacial score (nSPS) is 17.2. The van der Waals surface area contributed by atoms with Gasteiger partial charge in [-0.25, -0.2) is 9.97 Å². The van der Waals surface area contributed by atoms with E-state index in [-0.39, 0.29) is 0 Å². The molecule has 0 spiro atoms. The van der Waals surface area contributed by atoms with Crippen molar-refractivity contribution in [3.8, 4) is 0 Å². The molecule has 0 amide bonds. The van der Waals surface area contributed by atoms with E-state index in [0.29, 0.717) is 5.92 Å². The van der Waals surface area contributed by atoms with Gasteiger partial charge in [-0.15, -0.1) is 0 Å². The monoisotopic (exact) mass is 275 g/mol. The lowest BCUT2D eigenvalue weighted by atomic mass is 9.89. The summed E-state index contributed by atoms with van der Waals surface area (Å²) in [6.45, 7) is 11.3. The zero-order valence-electron chi connectivity index (χ0n) is 13.5. The van der Waals surface area contributed by atoms with E-state index >= 15 is 0 Å². The van der Waals surface area contributed by atoms with Crippen LogP contribution in [-0.4, -0.2) is 23.1 Å². The molecule has 112 valence electrons. The van der Waals surface area contributed by atoms with Gasteiger partial charge in [0.1, 0.15) is 0 Å². The number of aromatic nitrogens is 2. The molecule has 20 heavy (non-hydrogen) atoms. The molecule has 0 radical (unpaired) electrons. The van der Waals surface area contributed by atoms with Gasteiger partial charge < -0.3 is 4.90 Å². The van der Waals surface area contributed by atoms with Gasteiger partial charge in [0.2, 0.25) is 5.95 Å². The van der Waals surface area contributed by atoms with E-state index in [9.17, 15) is 0 Å². The van der Waals surface area contributed by atoms with Gasteiger partial charge in [-0.2, -0.15) is 0 Å². The van der Waals surface area contributed by atoms with E-state index in [1.54, 1.807) is 0 Å².